The summed E-state index contributed by atoms with van der Waals surface area (Å²) in [6, 6.07) is 14.9. The zero-order valence-corrected chi connectivity index (χ0v) is 23.0. The number of fused-ring (bicyclic) bond motifs is 1. The van der Waals surface area contributed by atoms with Gasteiger partial charge in [0.05, 0.1) is 11.6 Å². The number of hydrogen-bond acceptors (Lipinski definition) is 3. The zero-order chi connectivity index (χ0) is 26.9. The molecular weight excluding hydrogens is 458 g/mol. The van der Waals surface area contributed by atoms with E-state index in [1.54, 1.807) is 24.3 Å². The van der Waals surface area contributed by atoms with Crippen LogP contribution < -0.4 is 5.32 Å². The Morgan fingerprint density at radius 1 is 1.03 bits per heavy atom. The number of rotatable bonds is 13. The average Bonchev–Trinajstić information content (AvgIpc) is 3.20. The predicted molar refractivity (Wildman–Crippen MR) is 152 cm³/mol. The van der Waals surface area contributed by atoms with Crippen LogP contribution in [0.1, 0.15) is 100 Å². The number of carbonyl (C=O) groups excluding carboxylic acids is 2. The third kappa shape index (κ3) is 7.55. The van der Waals surface area contributed by atoms with E-state index in [9.17, 15) is 9.59 Å². The van der Waals surface area contributed by atoms with Crippen LogP contribution in [0.15, 0.2) is 48.7 Å². The molecule has 5 heteroatoms. The van der Waals surface area contributed by atoms with Crippen molar-refractivity contribution in [2.45, 2.75) is 78.6 Å². The van der Waals surface area contributed by atoms with E-state index >= 15 is 0 Å². The third-order valence-electron chi connectivity index (χ3n) is 7.26. The van der Waals surface area contributed by atoms with Crippen molar-refractivity contribution in [3.05, 3.63) is 65.4 Å². The molecule has 0 aliphatic rings. The van der Waals surface area contributed by atoms with E-state index in [-0.39, 0.29) is 5.91 Å². The van der Waals surface area contributed by atoms with E-state index in [1.165, 1.54) is 5.56 Å². The molecule has 3 aromatic rings. The van der Waals surface area contributed by atoms with Gasteiger partial charge in [0.15, 0.2) is 0 Å². The van der Waals surface area contributed by atoms with E-state index < -0.39 is 0 Å². The highest BCUT2D eigenvalue weighted by Crippen LogP contribution is 2.36. The fourth-order valence-corrected chi connectivity index (χ4v) is 5.31. The molecule has 1 N–H and O–H groups in total. The maximum atomic E-state index is 12.9. The van der Waals surface area contributed by atoms with Gasteiger partial charge >= 0.3 is 0 Å². The van der Waals surface area contributed by atoms with Gasteiger partial charge in [0, 0.05) is 48.2 Å². The van der Waals surface area contributed by atoms with Crippen molar-refractivity contribution < 1.29 is 9.59 Å². The Labute approximate surface area is 221 Å². The summed E-state index contributed by atoms with van der Waals surface area (Å²) < 4.78 is 2.17. The first kappa shape index (κ1) is 28.2. The summed E-state index contributed by atoms with van der Waals surface area (Å²) in [7, 11) is 2.07. The number of benzene rings is 2. The first-order valence-corrected chi connectivity index (χ1v) is 13.7. The molecule has 0 radical (unpaired) electrons. The summed E-state index contributed by atoms with van der Waals surface area (Å²) in [6.45, 7) is 8.64. The van der Waals surface area contributed by atoms with Crippen LogP contribution in [0.3, 0.4) is 0 Å². The number of hydrogen-bond donors (Lipinski definition) is 1. The lowest BCUT2D eigenvalue weighted by Gasteiger charge is -2.20. The minimum absolute atomic E-state index is 0.226. The highest BCUT2D eigenvalue weighted by atomic mass is 16.1. The number of ketones is 1. The molecule has 2 unspecified atom stereocenters. The smallest absolute Gasteiger partial charge is 0.255 e. The Balaban J connectivity index is 1.81. The summed E-state index contributed by atoms with van der Waals surface area (Å²) in [6.07, 6.45) is 8.91. The maximum absolute atomic E-state index is 12.9. The van der Waals surface area contributed by atoms with E-state index in [2.05, 4.69) is 69.0 Å². The minimum atomic E-state index is -0.226. The SMILES string of the molecule is CCCC(CCC(CC)CC(=O)CC(C)C)c1cn(C)c2ccc(NC(=O)c3cccc(C#N)c3)cc12. The van der Waals surface area contributed by atoms with Gasteiger partial charge in [-0.15, -0.1) is 0 Å². The van der Waals surface area contributed by atoms with Crippen LogP contribution in [0.5, 0.6) is 0 Å². The van der Waals surface area contributed by atoms with Crippen molar-refractivity contribution in [1.82, 2.24) is 4.57 Å². The lowest BCUT2D eigenvalue weighted by atomic mass is 9.84. The number of carbonyl (C=O) groups is 2. The number of anilines is 1. The average molecular weight is 500 g/mol. The Morgan fingerprint density at radius 3 is 2.49 bits per heavy atom. The van der Waals surface area contributed by atoms with Gasteiger partial charge in [-0.3, -0.25) is 9.59 Å². The van der Waals surface area contributed by atoms with Crippen molar-refractivity contribution in [2.24, 2.45) is 18.9 Å². The van der Waals surface area contributed by atoms with Crippen LogP contribution in [0.25, 0.3) is 10.9 Å². The molecule has 37 heavy (non-hydrogen) atoms. The first-order valence-electron chi connectivity index (χ1n) is 13.7. The number of nitrogens with one attached hydrogen (secondary N) is 1. The van der Waals surface area contributed by atoms with E-state index in [0.717, 1.165) is 48.7 Å². The standard InChI is InChI=1S/C32H41N3O2/c1-6-9-25(13-12-23(7-2)18-28(36)16-22(3)4)30-21-35(5)31-15-14-27(19-29(30)31)34-32(37)26-11-8-10-24(17-26)20-33/h8,10-11,14-15,17,19,21-23,25H,6-7,9,12-13,16,18H2,1-5H3,(H,34,37). The number of nitriles is 1. The largest absolute Gasteiger partial charge is 0.350 e. The van der Waals surface area contributed by atoms with Gasteiger partial charge in [0.2, 0.25) is 0 Å². The second-order valence-electron chi connectivity index (χ2n) is 10.8. The van der Waals surface area contributed by atoms with Crippen LogP contribution in [-0.2, 0) is 11.8 Å². The van der Waals surface area contributed by atoms with Crippen molar-refractivity contribution in [1.29, 1.82) is 5.26 Å². The Bertz CT molecular complexity index is 1260. The highest BCUT2D eigenvalue weighted by molar-refractivity contribution is 6.05. The molecular formula is C32H41N3O2. The molecule has 5 nitrogen and oxygen atoms in total. The summed E-state index contributed by atoms with van der Waals surface area (Å²) in [5, 5.41) is 13.3. The van der Waals surface area contributed by atoms with Gasteiger partial charge < -0.3 is 9.88 Å². The highest BCUT2D eigenvalue weighted by Gasteiger charge is 2.21. The van der Waals surface area contributed by atoms with E-state index in [4.69, 9.17) is 5.26 Å². The van der Waals surface area contributed by atoms with Crippen LogP contribution in [-0.4, -0.2) is 16.3 Å². The second-order valence-corrected chi connectivity index (χ2v) is 10.8. The molecule has 2 aromatic carbocycles. The number of aryl methyl sites for hydroxylation is 1. The molecule has 1 heterocycles. The van der Waals surface area contributed by atoms with Crippen LogP contribution in [0.2, 0.25) is 0 Å². The lowest BCUT2D eigenvalue weighted by Crippen LogP contribution is -2.12. The monoisotopic (exact) mass is 499 g/mol. The molecule has 0 saturated carbocycles. The normalized spacial score (nSPS) is 12.9. The van der Waals surface area contributed by atoms with Crippen LogP contribution >= 0.6 is 0 Å². The molecule has 3 rings (SSSR count). The fourth-order valence-electron chi connectivity index (χ4n) is 5.31. The number of nitrogens with zero attached hydrogens (tertiary/aromatic N) is 2. The number of aromatic nitrogens is 1. The molecule has 0 spiro atoms. The van der Waals surface area contributed by atoms with E-state index in [1.807, 2.05) is 6.07 Å². The predicted octanol–water partition coefficient (Wildman–Crippen LogP) is 8.00. The minimum Gasteiger partial charge on any atom is -0.350 e. The zero-order valence-electron chi connectivity index (χ0n) is 23.0. The van der Waals surface area contributed by atoms with Crippen molar-refractivity contribution in [3.63, 3.8) is 0 Å². The first-order chi connectivity index (χ1) is 17.7. The van der Waals surface area contributed by atoms with Crippen LogP contribution in [0, 0.1) is 23.2 Å². The molecule has 2 atom stereocenters. The fraction of sp³-hybridized carbons (Fsp3) is 0.469. The molecule has 0 aliphatic heterocycles. The quantitative estimate of drug-likeness (QED) is 0.259. The van der Waals surface area contributed by atoms with Gasteiger partial charge in [0.1, 0.15) is 5.78 Å². The summed E-state index contributed by atoms with van der Waals surface area (Å²) in [4.78, 5) is 25.3. The van der Waals surface area contributed by atoms with Crippen molar-refractivity contribution in [3.8, 4) is 6.07 Å². The summed E-state index contributed by atoms with van der Waals surface area (Å²) in [5.41, 5.74) is 4.12. The van der Waals surface area contributed by atoms with Crippen molar-refractivity contribution >= 4 is 28.3 Å². The lowest BCUT2D eigenvalue weighted by molar-refractivity contribution is -0.120. The maximum Gasteiger partial charge on any atom is 0.255 e. The molecule has 0 saturated heterocycles. The van der Waals surface area contributed by atoms with Crippen molar-refractivity contribution in [2.75, 3.05) is 5.32 Å². The van der Waals surface area contributed by atoms with Gasteiger partial charge in [-0.1, -0.05) is 46.6 Å². The van der Waals surface area contributed by atoms with E-state index in [0.29, 0.717) is 47.5 Å². The third-order valence-corrected chi connectivity index (χ3v) is 7.26. The Hall–Kier alpha value is -3.39. The van der Waals surface area contributed by atoms with Gasteiger partial charge in [0.25, 0.3) is 5.91 Å². The Kier molecular flexibility index (Phi) is 10.1. The number of Topliss-reactive ketones (excluding diaryl/α,β-unsaturated/α-hetero) is 1. The topological polar surface area (TPSA) is 74.9 Å². The molecule has 0 bridgehead atoms. The van der Waals surface area contributed by atoms with Gasteiger partial charge in [-0.25, -0.2) is 0 Å². The Morgan fingerprint density at radius 2 is 1.81 bits per heavy atom. The second kappa shape index (κ2) is 13.2. The van der Waals surface area contributed by atoms with Gasteiger partial charge in [-0.2, -0.15) is 5.26 Å². The summed E-state index contributed by atoms with van der Waals surface area (Å²) in [5.74, 6) is 1.41. The molecule has 0 aliphatic carbocycles. The molecule has 1 amide bonds. The molecule has 0 fully saturated rings. The number of amides is 1. The van der Waals surface area contributed by atoms with Gasteiger partial charge in [-0.05, 0) is 79.0 Å². The summed E-state index contributed by atoms with van der Waals surface area (Å²) >= 11 is 0. The molecule has 196 valence electrons. The molecule has 1 aromatic heterocycles. The van der Waals surface area contributed by atoms with Crippen LogP contribution in [0.4, 0.5) is 5.69 Å².